The summed E-state index contributed by atoms with van der Waals surface area (Å²) in [6, 6.07) is -0.0110. The van der Waals surface area contributed by atoms with Gasteiger partial charge in [-0.3, -0.25) is 5.01 Å². The molecular weight excluding hydrogens is 178 g/mol. The Balaban J connectivity index is 2.46. The molecule has 2 amide bonds. The molecule has 14 heavy (non-hydrogen) atoms. The molecule has 1 rings (SSSR count). The quantitative estimate of drug-likeness (QED) is 0.550. The van der Waals surface area contributed by atoms with E-state index in [1.807, 2.05) is 4.90 Å². The minimum absolute atomic E-state index is 0.0110. The molecule has 4 heteroatoms. The van der Waals surface area contributed by atoms with Crippen molar-refractivity contribution in [1.29, 1.82) is 0 Å². The highest BCUT2D eigenvalue weighted by Crippen LogP contribution is 2.13. The molecule has 0 unspecified atom stereocenters. The smallest absolute Gasteiger partial charge is 0.323 e. The monoisotopic (exact) mass is 199 g/mol. The Morgan fingerprint density at radius 3 is 2.57 bits per heavy atom. The fourth-order valence-corrected chi connectivity index (χ4v) is 1.83. The first kappa shape index (κ1) is 11.3. The van der Waals surface area contributed by atoms with Crippen molar-refractivity contribution in [3.63, 3.8) is 0 Å². The van der Waals surface area contributed by atoms with Crippen molar-refractivity contribution in [2.24, 2.45) is 11.8 Å². The SMILES string of the molecule is CCC(CC)CN1CCCN(N)C1=O. The highest BCUT2D eigenvalue weighted by molar-refractivity contribution is 5.74. The van der Waals surface area contributed by atoms with Gasteiger partial charge >= 0.3 is 6.03 Å². The molecule has 0 aliphatic carbocycles. The lowest BCUT2D eigenvalue weighted by molar-refractivity contribution is 0.120. The van der Waals surface area contributed by atoms with Crippen LogP contribution in [-0.2, 0) is 0 Å². The van der Waals surface area contributed by atoms with Crippen LogP contribution in [0.3, 0.4) is 0 Å². The zero-order chi connectivity index (χ0) is 10.6. The lowest BCUT2D eigenvalue weighted by atomic mass is 10.0. The van der Waals surface area contributed by atoms with E-state index < -0.39 is 0 Å². The zero-order valence-electron chi connectivity index (χ0n) is 9.20. The first-order chi connectivity index (χ1) is 6.69. The molecule has 0 radical (unpaired) electrons. The van der Waals surface area contributed by atoms with Crippen molar-refractivity contribution < 1.29 is 4.79 Å². The molecule has 1 heterocycles. The summed E-state index contributed by atoms with van der Waals surface area (Å²) >= 11 is 0. The predicted octanol–water partition coefficient (Wildman–Crippen LogP) is 1.42. The Morgan fingerprint density at radius 1 is 1.36 bits per heavy atom. The van der Waals surface area contributed by atoms with Crippen molar-refractivity contribution in [2.75, 3.05) is 19.6 Å². The van der Waals surface area contributed by atoms with Gasteiger partial charge < -0.3 is 4.90 Å². The minimum atomic E-state index is -0.0110. The van der Waals surface area contributed by atoms with Gasteiger partial charge in [0.2, 0.25) is 0 Å². The molecule has 0 aromatic carbocycles. The third-order valence-electron chi connectivity index (χ3n) is 2.98. The van der Waals surface area contributed by atoms with Gasteiger partial charge in [-0.05, 0) is 12.3 Å². The Morgan fingerprint density at radius 2 is 2.00 bits per heavy atom. The average Bonchev–Trinajstić information content (AvgIpc) is 2.20. The van der Waals surface area contributed by atoms with Crippen LogP contribution in [0, 0.1) is 5.92 Å². The number of hydrogen-bond acceptors (Lipinski definition) is 2. The van der Waals surface area contributed by atoms with Crippen LogP contribution in [0.2, 0.25) is 0 Å². The molecule has 1 aliphatic heterocycles. The van der Waals surface area contributed by atoms with Crippen LogP contribution >= 0.6 is 0 Å². The van der Waals surface area contributed by atoms with Gasteiger partial charge in [0.1, 0.15) is 0 Å². The Labute approximate surface area is 86.0 Å². The lowest BCUT2D eigenvalue weighted by Gasteiger charge is -2.34. The van der Waals surface area contributed by atoms with Crippen molar-refractivity contribution in [2.45, 2.75) is 33.1 Å². The van der Waals surface area contributed by atoms with E-state index in [-0.39, 0.29) is 6.03 Å². The second-order valence-electron chi connectivity index (χ2n) is 3.96. The van der Waals surface area contributed by atoms with E-state index >= 15 is 0 Å². The number of amides is 2. The Kier molecular flexibility index (Phi) is 4.20. The molecule has 0 spiro atoms. The number of nitrogens with zero attached hydrogens (tertiary/aromatic N) is 2. The largest absolute Gasteiger partial charge is 0.334 e. The van der Waals surface area contributed by atoms with Gasteiger partial charge in [-0.1, -0.05) is 26.7 Å². The van der Waals surface area contributed by atoms with Crippen LogP contribution in [0.25, 0.3) is 0 Å². The maximum Gasteiger partial charge on any atom is 0.334 e. The second-order valence-corrected chi connectivity index (χ2v) is 3.96. The van der Waals surface area contributed by atoms with Crippen LogP contribution in [0.5, 0.6) is 0 Å². The molecule has 0 atom stereocenters. The summed E-state index contributed by atoms with van der Waals surface area (Å²) in [5.74, 6) is 6.19. The summed E-state index contributed by atoms with van der Waals surface area (Å²) in [5.41, 5.74) is 0. The molecule has 0 aromatic heterocycles. The first-order valence-electron chi connectivity index (χ1n) is 5.50. The third kappa shape index (κ3) is 2.61. The summed E-state index contributed by atoms with van der Waals surface area (Å²) < 4.78 is 0. The van der Waals surface area contributed by atoms with E-state index in [4.69, 9.17) is 5.84 Å². The van der Waals surface area contributed by atoms with E-state index in [1.165, 1.54) is 5.01 Å². The van der Waals surface area contributed by atoms with Gasteiger partial charge in [-0.2, -0.15) is 0 Å². The van der Waals surface area contributed by atoms with E-state index in [2.05, 4.69) is 13.8 Å². The molecule has 82 valence electrons. The maximum absolute atomic E-state index is 11.6. The number of carbonyl (C=O) groups excluding carboxylic acids is 1. The van der Waals surface area contributed by atoms with E-state index in [1.54, 1.807) is 0 Å². The van der Waals surface area contributed by atoms with E-state index in [9.17, 15) is 4.79 Å². The fourth-order valence-electron chi connectivity index (χ4n) is 1.83. The summed E-state index contributed by atoms with van der Waals surface area (Å²) in [5, 5.41) is 1.33. The number of nitrogens with two attached hydrogens (primary N) is 1. The fraction of sp³-hybridized carbons (Fsp3) is 0.900. The standard InChI is InChI=1S/C10H21N3O/c1-3-9(4-2)8-12-6-5-7-13(11)10(12)14/h9H,3-8,11H2,1-2H3. The highest BCUT2D eigenvalue weighted by Gasteiger charge is 2.24. The van der Waals surface area contributed by atoms with Crippen LogP contribution in [0.1, 0.15) is 33.1 Å². The Hall–Kier alpha value is -0.770. The lowest BCUT2D eigenvalue weighted by Crippen LogP contribution is -2.53. The van der Waals surface area contributed by atoms with Gasteiger partial charge in [0.15, 0.2) is 0 Å². The highest BCUT2D eigenvalue weighted by atomic mass is 16.2. The van der Waals surface area contributed by atoms with Gasteiger partial charge in [-0.25, -0.2) is 10.6 Å². The summed E-state index contributed by atoms with van der Waals surface area (Å²) in [6.45, 7) is 6.76. The Bertz CT molecular complexity index is 192. The number of carbonyl (C=O) groups is 1. The van der Waals surface area contributed by atoms with E-state index in [0.717, 1.165) is 32.4 Å². The summed E-state index contributed by atoms with van der Waals surface area (Å²) in [7, 11) is 0. The van der Waals surface area contributed by atoms with Crippen molar-refractivity contribution in [3.05, 3.63) is 0 Å². The molecule has 1 aliphatic rings. The second kappa shape index (κ2) is 5.20. The van der Waals surface area contributed by atoms with Gasteiger partial charge in [0, 0.05) is 19.6 Å². The number of hydrogen-bond donors (Lipinski definition) is 1. The van der Waals surface area contributed by atoms with Crippen LogP contribution in [-0.4, -0.2) is 35.6 Å². The predicted molar refractivity (Wildman–Crippen MR) is 56.6 cm³/mol. The summed E-state index contributed by atoms with van der Waals surface area (Å²) in [6.07, 6.45) is 3.25. The molecule has 1 saturated heterocycles. The number of urea groups is 1. The molecule has 0 saturated carbocycles. The van der Waals surface area contributed by atoms with Gasteiger partial charge in [0.05, 0.1) is 0 Å². The van der Waals surface area contributed by atoms with Crippen LogP contribution < -0.4 is 5.84 Å². The topological polar surface area (TPSA) is 49.6 Å². The molecule has 4 nitrogen and oxygen atoms in total. The normalized spacial score (nSPS) is 18.1. The molecule has 0 bridgehead atoms. The summed E-state index contributed by atoms with van der Waals surface area (Å²) in [4.78, 5) is 13.5. The molecular formula is C10H21N3O. The number of hydrazine groups is 1. The van der Waals surface area contributed by atoms with E-state index in [0.29, 0.717) is 12.5 Å². The van der Waals surface area contributed by atoms with Crippen molar-refractivity contribution >= 4 is 6.03 Å². The van der Waals surface area contributed by atoms with Crippen LogP contribution in [0.15, 0.2) is 0 Å². The average molecular weight is 199 g/mol. The molecule has 2 N–H and O–H groups in total. The van der Waals surface area contributed by atoms with Gasteiger partial charge in [-0.15, -0.1) is 0 Å². The van der Waals surface area contributed by atoms with Crippen molar-refractivity contribution in [1.82, 2.24) is 9.91 Å². The first-order valence-corrected chi connectivity index (χ1v) is 5.50. The van der Waals surface area contributed by atoms with Gasteiger partial charge in [0.25, 0.3) is 0 Å². The van der Waals surface area contributed by atoms with Crippen molar-refractivity contribution in [3.8, 4) is 0 Å². The van der Waals surface area contributed by atoms with Crippen LogP contribution in [0.4, 0.5) is 4.79 Å². The maximum atomic E-state index is 11.6. The minimum Gasteiger partial charge on any atom is -0.323 e. The number of rotatable bonds is 4. The molecule has 1 fully saturated rings. The molecule has 0 aromatic rings. The third-order valence-corrected chi connectivity index (χ3v) is 2.98. The zero-order valence-corrected chi connectivity index (χ0v) is 9.20.